The van der Waals surface area contributed by atoms with Crippen LogP contribution in [0.5, 0.6) is 0 Å². The first-order valence-electron chi connectivity index (χ1n) is 9.82. The SMILES string of the molecule is Cn1nc(C(F)(F)F)cc1C(=O)NC1(c2cc(-c3ccnc(C(F)(F)F)c3)nn2C)CCC1. The molecule has 3 heterocycles. The molecule has 3 aromatic rings. The van der Waals surface area contributed by atoms with Gasteiger partial charge in [0.1, 0.15) is 11.4 Å². The third-order valence-corrected chi connectivity index (χ3v) is 5.68. The number of pyridine rings is 1. The van der Waals surface area contributed by atoms with Crippen LogP contribution < -0.4 is 5.32 Å². The molecule has 0 unspecified atom stereocenters. The van der Waals surface area contributed by atoms with E-state index >= 15 is 0 Å². The Morgan fingerprint density at radius 3 is 2.18 bits per heavy atom. The number of amides is 1. The number of nitrogens with one attached hydrogen (secondary N) is 1. The molecular weight excluding hydrogens is 454 g/mol. The minimum atomic E-state index is -4.69. The molecule has 1 aliphatic rings. The molecule has 4 rings (SSSR count). The van der Waals surface area contributed by atoms with Crippen LogP contribution in [0.2, 0.25) is 0 Å². The highest BCUT2D eigenvalue weighted by Crippen LogP contribution is 2.43. The highest BCUT2D eigenvalue weighted by Gasteiger charge is 2.44. The fourth-order valence-corrected chi connectivity index (χ4v) is 3.88. The van der Waals surface area contributed by atoms with Crippen LogP contribution in [0.15, 0.2) is 30.5 Å². The third-order valence-electron chi connectivity index (χ3n) is 5.68. The van der Waals surface area contributed by atoms with Gasteiger partial charge in [0.15, 0.2) is 5.69 Å². The number of aryl methyl sites for hydroxylation is 2. The van der Waals surface area contributed by atoms with E-state index in [1.165, 1.54) is 17.8 Å². The lowest BCUT2D eigenvalue weighted by atomic mass is 9.74. The standard InChI is InChI=1S/C20H18F6N6O/c1-31-13(10-15(30-31)20(24,25)26)17(33)28-18(5-3-6-18)16-9-12(29-32(16)2)11-4-7-27-14(8-11)19(21,22)23/h4,7-10H,3,5-6H2,1-2H3,(H,28,33). The first-order chi connectivity index (χ1) is 15.3. The number of alkyl halides is 6. The predicted molar refractivity (Wildman–Crippen MR) is 103 cm³/mol. The summed E-state index contributed by atoms with van der Waals surface area (Å²) >= 11 is 0. The number of nitrogens with zero attached hydrogens (tertiary/aromatic N) is 5. The van der Waals surface area contributed by atoms with E-state index in [1.807, 2.05) is 0 Å². The van der Waals surface area contributed by atoms with E-state index in [-0.39, 0.29) is 17.0 Å². The topological polar surface area (TPSA) is 77.6 Å². The summed E-state index contributed by atoms with van der Waals surface area (Å²) in [6.45, 7) is 0. The lowest BCUT2D eigenvalue weighted by molar-refractivity contribution is -0.142. The summed E-state index contributed by atoms with van der Waals surface area (Å²) in [5.41, 5.74) is -2.45. The predicted octanol–water partition coefficient (Wildman–Crippen LogP) is 4.06. The van der Waals surface area contributed by atoms with Gasteiger partial charge >= 0.3 is 12.4 Å². The molecule has 1 amide bonds. The van der Waals surface area contributed by atoms with Gasteiger partial charge < -0.3 is 5.32 Å². The molecule has 0 bridgehead atoms. The summed E-state index contributed by atoms with van der Waals surface area (Å²) in [6, 6.07) is 4.51. The van der Waals surface area contributed by atoms with Crippen molar-refractivity contribution in [3.05, 3.63) is 53.2 Å². The molecule has 1 N–H and O–H groups in total. The lowest BCUT2D eigenvalue weighted by Gasteiger charge is -2.42. The van der Waals surface area contributed by atoms with Gasteiger partial charge in [0.25, 0.3) is 5.91 Å². The van der Waals surface area contributed by atoms with E-state index in [4.69, 9.17) is 0 Å². The fourth-order valence-electron chi connectivity index (χ4n) is 3.88. The van der Waals surface area contributed by atoms with E-state index in [2.05, 4.69) is 20.5 Å². The third kappa shape index (κ3) is 4.18. The Hall–Kier alpha value is -3.38. The smallest absolute Gasteiger partial charge is 0.340 e. The Kier molecular flexibility index (Phi) is 5.25. The molecule has 1 aliphatic carbocycles. The van der Waals surface area contributed by atoms with Crippen LogP contribution in [-0.4, -0.2) is 30.5 Å². The number of aromatic nitrogens is 5. The number of carbonyl (C=O) groups is 1. The van der Waals surface area contributed by atoms with Crippen molar-refractivity contribution in [1.82, 2.24) is 29.9 Å². The van der Waals surface area contributed by atoms with Crippen molar-refractivity contribution in [1.29, 1.82) is 0 Å². The second kappa shape index (κ2) is 7.59. The van der Waals surface area contributed by atoms with E-state index in [9.17, 15) is 31.1 Å². The summed E-state index contributed by atoms with van der Waals surface area (Å²) in [5.74, 6) is -0.744. The van der Waals surface area contributed by atoms with Crippen molar-refractivity contribution < 1.29 is 31.1 Å². The van der Waals surface area contributed by atoms with Crippen molar-refractivity contribution in [2.75, 3.05) is 0 Å². The van der Waals surface area contributed by atoms with Gasteiger partial charge in [-0.25, -0.2) is 0 Å². The highest BCUT2D eigenvalue weighted by molar-refractivity contribution is 5.93. The second-order valence-electron chi connectivity index (χ2n) is 7.89. The van der Waals surface area contributed by atoms with Gasteiger partial charge in [-0.15, -0.1) is 0 Å². The molecule has 33 heavy (non-hydrogen) atoms. The van der Waals surface area contributed by atoms with Crippen molar-refractivity contribution in [2.24, 2.45) is 14.1 Å². The van der Waals surface area contributed by atoms with Crippen molar-refractivity contribution >= 4 is 5.91 Å². The Labute approximate surface area is 183 Å². The Bertz CT molecular complexity index is 1200. The number of rotatable bonds is 4. The number of halogens is 6. The molecule has 0 saturated heterocycles. The lowest BCUT2D eigenvalue weighted by Crippen LogP contribution is -2.52. The molecule has 0 atom stereocenters. The van der Waals surface area contributed by atoms with Crippen molar-refractivity contribution in [3.63, 3.8) is 0 Å². The van der Waals surface area contributed by atoms with Gasteiger partial charge in [-0.3, -0.25) is 19.1 Å². The van der Waals surface area contributed by atoms with Crippen LogP contribution >= 0.6 is 0 Å². The van der Waals surface area contributed by atoms with Crippen molar-refractivity contribution in [3.8, 4) is 11.3 Å². The summed E-state index contributed by atoms with van der Waals surface area (Å²) in [4.78, 5) is 16.2. The highest BCUT2D eigenvalue weighted by atomic mass is 19.4. The van der Waals surface area contributed by atoms with Gasteiger partial charge in [-0.2, -0.15) is 36.5 Å². The van der Waals surface area contributed by atoms with Crippen LogP contribution in [0.1, 0.15) is 46.8 Å². The molecule has 1 saturated carbocycles. The Morgan fingerprint density at radius 1 is 0.970 bits per heavy atom. The quantitative estimate of drug-likeness (QED) is 0.581. The molecule has 0 aliphatic heterocycles. The zero-order valence-electron chi connectivity index (χ0n) is 17.4. The Morgan fingerprint density at radius 2 is 1.64 bits per heavy atom. The van der Waals surface area contributed by atoms with E-state index in [0.29, 0.717) is 24.6 Å². The first kappa shape index (κ1) is 22.8. The molecule has 7 nitrogen and oxygen atoms in total. The maximum Gasteiger partial charge on any atom is 0.435 e. The van der Waals surface area contributed by atoms with Crippen LogP contribution in [-0.2, 0) is 32.0 Å². The molecule has 1 fully saturated rings. The number of hydrogen-bond acceptors (Lipinski definition) is 4. The van der Waals surface area contributed by atoms with Crippen LogP contribution in [0, 0.1) is 0 Å². The normalized spacial score (nSPS) is 15.9. The first-order valence-corrected chi connectivity index (χ1v) is 9.82. The summed E-state index contributed by atoms with van der Waals surface area (Å²) < 4.78 is 80.2. The van der Waals surface area contributed by atoms with E-state index in [0.717, 1.165) is 23.4 Å². The van der Waals surface area contributed by atoms with Gasteiger partial charge in [-0.1, -0.05) is 0 Å². The van der Waals surface area contributed by atoms with Crippen LogP contribution in [0.25, 0.3) is 11.3 Å². The molecule has 13 heteroatoms. The number of hydrogen-bond donors (Lipinski definition) is 1. The maximum absolute atomic E-state index is 13.0. The molecular formula is C20H18F6N6O. The average molecular weight is 472 g/mol. The molecule has 0 radical (unpaired) electrons. The largest absolute Gasteiger partial charge is 0.435 e. The molecule has 3 aromatic heterocycles. The Balaban J connectivity index is 1.64. The van der Waals surface area contributed by atoms with Crippen LogP contribution in [0.4, 0.5) is 26.3 Å². The minimum Gasteiger partial charge on any atom is -0.340 e. The van der Waals surface area contributed by atoms with Gasteiger partial charge in [0.2, 0.25) is 0 Å². The van der Waals surface area contributed by atoms with E-state index < -0.39 is 35.2 Å². The van der Waals surface area contributed by atoms with Crippen LogP contribution in [0.3, 0.4) is 0 Å². The summed E-state index contributed by atoms with van der Waals surface area (Å²) in [7, 11) is 2.82. The number of carbonyl (C=O) groups excluding carboxylic acids is 1. The molecule has 176 valence electrons. The second-order valence-corrected chi connectivity index (χ2v) is 7.89. The maximum atomic E-state index is 13.0. The zero-order valence-corrected chi connectivity index (χ0v) is 17.4. The molecule has 0 aromatic carbocycles. The minimum absolute atomic E-state index is 0.196. The zero-order chi connectivity index (χ0) is 24.2. The molecule has 0 spiro atoms. The van der Waals surface area contributed by atoms with E-state index in [1.54, 1.807) is 13.1 Å². The average Bonchev–Trinajstić information content (AvgIpc) is 3.27. The van der Waals surface area contributed by atoms with Crippen molar-refractivity contribution in [2.45, 2.75) is 37.2 Å². The summed E-state index contributed by atoms with van der Waals surface area (Å²) in [6.07, 6.45) is -6.55. The van der Waals surface area contributed by atoms with Gasteiger partial charge in [0.05, 0.1) is 16.9 Å². The van der Waals surface area contributed by atoms with Gasteiger partial charge in [-0.05, 0) is 37.5 Å². The summed E-state index contributed by atoms with van der Waals surface area (Å²) in [5, 5.41) is 10.4. The fraction of sp³-hybridized carbons (Fsp3) is 0.400. The van der Waals surface area contributed by atoms with Gasteiger partial charge in [0, 0.05) is 31.9 Å². The monoisotopic (exact) mass is 472 g/mol.